The van der Waals surface area contributed by atoms with Crippen molar-refractivity contribution in [2.75, 3.05) is 18.1 Å². The van der Waals surface area contributed by atoms with Crippen LogP contribution in [-0.2, 0) is 6.18 Å². The number of rotatable bonds is 2. The molecule has 0 saturated carbocycles. The molecule has 2 aliphatic rings. The normalized spacial score (nSPS) is 25.8. The van der Waals surface area contributed by atoms with Gasteiger partial charge in [-0.1, -0.05) is 0 Å². The fraction of sp³-hybridized carbons (Fsp3) is 0.625. The van der Waals surface area contributed by atoms with E-state index < -0.39 is 11.9 Å². The third-order valence-corrected chi connectivity index (χ3v) is 6.02. The summed E-state index contributed by atoms with van der Waals surface area (Å²) in [6.07, 6.45) is -1.27. The van der Waals surface area contributed by atoms with Crippen LogP contribution in [0.4, 0.5) is 13.2 Å². The lowest BCUT2D eigenvalue weighted by atomic mass is 10.1. The Balaban J connectivity index is 1.74. The van der Waals surface area contributed by atoms with Crippen molar-refractivity contribution < 1.29 is 13.2 Å². The van der Waals surface area contributed by atoms with Gasteiger partial charge in [-0.25, -0.2) is 9.50 Å². The van der Waals surface area contributed by atoms with E-state index in [1.54, 1.807) is 13.0 Å². The number of hydrogen-bond donors (Lipinski definition) is 0. The Morgan fingerprint density at radius 3 is 2.79 bits per heavy atom. The second-order valence-electron chi connectivity index (χ2n) is 6.53. The van der Waals surface area contributed by atoms with Gasteiger partial charge in [0.25, 0.3) is 0 Å². The molecular weight excluding hydrogens is 337 g/mol. The van der Waals surface area contributed by atoms with Crippen LogP contribution in [0.5, 0.6) is 0 Å². The van der Waals surface area contributed by atoms with Gasteiger partial charge in [0.1, 0.15) is 5.69 Å². The quantitative estimate of drug-likeness (QED) is 0.822. The van der Waals surface area contributed by atoms with Crippen molar-refractivity contribution in [1.82, 2.24) is 19.5 Å². The number of nitrogens with zero attached hydrogens (tertiary/aromatic N) is 4. The Labute approximate surface area is 142 Å². The largest absolute Gasteiger partial charge is 0.433 e. The van der Waals surface area contributed by atoms with Crippen LogP contribution in [0.3, 0.4) is 0 Å². The first-order valence-corrected chi connectivity index (χ1v) is 9.37. The molecule has 0 N–H and O–H groups in total. The molecule has 2 atom stereocenters. The topological polar surface area (TPSA) is 33.4 Å². The Kier molecular flexibility index (Phi) is 3.99. The molecule has 4 heterocycles. The average molecular weight is 356 g/mol. The summed E-state index contributed by atoms with van der Waals surface area (Å²) in [5.74, 6) is 2.27. The Bertz CT molecular complexity index is 752. The maximum absolute atomic E-state index is 13.3. The second-order valence-corrected chi connectivity index (χ2v) is 7.68. The lowest BCUT2D eigenvalue weighted by Gasteiger charge is -2.28. The van der Waals surface area contributed by atoms with Gasteiger partial charge in [-0.2, -0.15) is 30.0 Å². The first kappa shape index (κ1) is 16.2. The van der Waals surface area contributed by atoms with Crippen LogP contribution in [0.2, 0.25) is 0 Å². The number of aromatic nitrogens is 3. The molecule has 0 spiro atoms. The molecule has 0 unspecified atom stereocenters. The first-order valence-electron chi connectivity index (χ1n) is 8.21. The Morgan fingerprint density at radius 2 is 2.08 bits per heavy atom. The summed E-state index contributed by atoms with van der Waals surface area (Å²) in [4.78, 5) is 6.67. The van der Waals surface area contributed by atoms with Crippen molar-refractivity contribution in [2.24, 2.45) is 0 Å². The molecule has 4 rings (SSSR count). The summed E-state index contributed by atoms with van der Waals surface area (Å²) >= 11 is 1.95. The number of aryl methyl sites for hydroxylation is 1. The van der Waals surface area contributed by atoms with Gasteiger partial charge >= 0.3 is 6.18 Å². The van der Waals surface area contributed by atoms with Crippen LogP contribution >= 0.6 is 11.8 Å². The lowest BCUT2D eigenvalue weighted by molar-refractivity contribution is -0.142. The van der Waals surface area contributed by atoms with Gasteiger partial charge in [-0.05, 0) is 44.6 Å². The number of alkyl halides is 3. The fourth-order valence-electron chi connectivity index (χ4n) is 3.81. The van der Waals surface area contributed by atoms with Crippen molar-refractivity contribution in [3.8, 4) is 0 Å². The molecule has 130 valence electrons. The van der Waals surface area contributed by atoms with Crippen LogP contribution in [0.1, 0.15) is 42.4 Å². The zero-order valence-electron chi connectivity index (χ0n) is 13.4. The molecular formula is C16H19F3N4S. The third-order valence-electron chi connectivity index (χ3n) is 4.87. The summed E-state index contributed by atoms with van der Waals surface area (Å²) in [7, 11) is 0. The molecule has 24 heavy (non-hydrogen) atoms. The molecule has 2 aromatic heterocycles. The van der Waals surface area contributed by atoms with Gasteiger partial charge in [0, 0.05) is 23.6 Å². The highest BCUT2D eigenvalue weighted by Crippen LogP contribution is 2.38. The van der Waals surface area contributed by atoms with Crippen LogP contribution in [0.25, 0.3) is 5.65 Å². The molecule has 2 fully saturated rings. The number of thioether (sulfide) groups is 1. The van der Waals surface area contributed by atoms with Gasteiger partial charge in [0.05, 0.1) is 11.7 Å². The highest BCUT2D eigenvalue weighted by Gasteiger charge is 2.37. The maximum atomic E-state index is 13.3. The van der Waals surface area contributed by atoms with E-state index in [9.17, 15) is 13.2 Å². The summed E-state index contributed by atoms with van der Waals surface area (Å²) in [6.45, 7) is 2.59. The van der Waals surface area contributed by atoms with Gasteiger partial charge < -0.3 is 0 Å². The molecule has 2 aromatic rings. The minimum absolute atomic E-state index is 0.108. The highest BCUT2D eigenvalue weighted by atomic mass is 32.2. The molecule has 0 bridgehead atoms. The van der Waals surface area contributed by atoms with Crippen LogP contribution < -0.4 is 0 Å². The summed E-state index contributed by atoms with van der Waals surface area (Å²) in [6, 6.07) is 3.41. The summed E-state index contributed by atoms with van der Waals surface area (Å²) in [5.41, 5.74) is 0.604. The van der Waals surface area contributed by atoms with Crippen molar-refractivity contribution in [1.29, 1.82) is 0 Å². The predicted octanol–water partition coefficient (Wildman–Crippen LogP) is 3.70. The molecule has 0 radical (unpaired) electrons. The van der Waals surface area contributed by atoms with E-state index >= 15 is 0 Å². The van der Waals surface area contributed by atoms with E-state index in [1.807, 2.05) is 11.8 Å². The number of likely N-dealkylation sites (tertiary alicyclic amines) is 1. The van der Waals surface area contributed by atoms with E-state index in [1.165, 1.54) is 0 Å². The standard InChI is InChI=1S/C16H19F3N4S/c1-10-7-14(16(17,18)19)23-15(20-10)8-12(21-23)13-3-2-5-22(13)11-4-6-24-9-11/h7-8,11,13H,2-6,9H2,1H3/t11-,13+/m0/s1. The third kappa shape index (κ3) is 2.79. The van der Waals surface area contributed by atoms with Crippen molar-refractivity contribution >= 4 is 17.4 Å². The number of halogens is 3. The van der Waals surface area contributed by atoms with Gasteiger partial charge in [0.2, 0.25) is 0 Å². The molecule has 2 aliphatic heterocycles. The van der Waals surface area contributed by atoms with Gasteiger partial charge in [0.15, 0.2) is 5.65 Å². The Morgan fingerprint density at radius 1 is 1.25 bits per heavy atom. The van der Waals surface area contributed by atoms with E-state index in [0.717, 1.165) is 47.9 Å². The molecule has 4 nitrogen and oxygen atoms in total. The van der Waals surface area contributed by atoms with Gasteiger partial charge in [-0.3, -0.25) is 4.90 Å². The van der Waals surface area contributed by atoms with Crippen LogP contribution in [-0.4, -0.2) is 43.6 Å². The van der Waals surface area contributed by atoms with Crippen molar-refractivity contribution in [3.05, 3.63) is 29.2 Å². The predicted molar refractivity (Wildman–Crippen MR) is 87.1 cm³/mol. The monoisotopic (exact) mass is 356 g/mol. The minimum atomic E-state index is -4.44. The maximum Gasteiger partial charge on any atom is 0.433 e. The average Bonchev–Trinajstić information content (AvgIpc) is 3.23. The van der Waals surface area contributed by atoms with Gasteiger partial charge in [-0.15, -0.1) is 0 Å². The molecule has 2 saturated heterocycles. The van der Waals surface area contributed by atoms with E-state index in [4.69, 9.17) is 0 Å². The van der Waals surface area contributed by atoms with E-state index in [0.29, 0.717) is 17.4 Å². The number of fused-ring (bicyclic) bond motifs is 1. The summed E-state index contributed by atoms with van der Waals surface area (Å²) < 4.78 is 40.9. The minimum Gasteiger partial charge on any atom is -0.291 e. The number of hydrogen-bond acceptors (Lipinski definition) is 4. The smallest absolute Gasteiger partial charge is 0.291 e. The second kappa shape index (κ2) is 5.91. The SMILES string of the molecule is Cc1cc(C(F)(F)F)n2nc([C@H]3CCCN3[C@H]3CCSC3)cc2n1. The van der Waals surface area contributed by atoms with Crippen LogP contribution in [0, 0.1) is 6.92 Å². The first-order chi connectivity index (χ1) is 11.4. The highest BCUT2D eigenvalue weighted by molar-refractivity contribution is 7.99. The zero-order valence-corrected chi connectivity index (χ0v) is 14.2. The fourth-order valence-corrected chi connectivity index (χ4v) is 5.05. The zero-order chi connectivity index (χ0) is 16.9. The lowest BCUT2D eigenvalue weighted by Crippen LogP contribution is -2.34. The van der Waals surface area contributed by atoms with Crippen molar-refractivity contribution in [2.45, 2.75) is 44.4 Å². The van der Waals surface area contributed by atoms with E-state index in [2.05, 4.69) is 15.0 Å². The molecule has 0 aromatic carbocycles. The summed E-state index contributed by atoms with van der Waals surface area (Å²) in [5, 5.41) is 4.31. The molecule has 0 amide bonds. The molecule has 0 aliphatic carbocycles. The van der Waals surface area contributed by atoms with E-state index in [-0.39, 0.29) is 11.7 Å². The van der Waals surface area contributed by atoms with Crippen molar-refractivity contribution in [3.63, 3.8) is 0 Å². The van der Waals surface area contributed by atoms with Crippen LogP contribution in [0.15, 0.2) is 12.1 Å². The Hall–Kier alpha value is -1.28. The molecule has 8 heteroatoms.